The molecule has 0 spiro atoms. The third-order valence-corrected chi connectivity index (χ3v) is 2.52. The maximum Gasteiger partial charge on any atom is 0.238 e. The number of ether oxygens (including phenoxy) is 1. The van der Waals surface area contributed by atoms with Crippen LogP contribution in [0.25, 0.3) is 0 Å². The van der Waals surface area contributed by atoms with E-state index >= 15 is 0 Å². The molecule has 0 bridgehead atoms. The number of hydrogen-bond acceptors (Lipinski definition) is 4. The van der Waals surface area contributed by atoms with Gasteiger partial charge in [-0.25, -0.2) is 0 Å². The summed E-state index contributed by atoms with van der Waals surface area (Å²) in [7, 11) is 1.59. The van der Waals surface area contributed by atoms with Gasteiger partial charge in [0.15, 0.2) is 0 Å². The zero-order valence-corrected chi connectivity index (χ0v) is 11.1. The summed E-state index contributed by atoms with van der Waals surface area (Å²) >= 11 is 0. The van der Waals surface area contributed by atoms with Crippen LogP contribution in [-0.2, 0) is 9.59 Å². The van der Waals surface area contributed by atoms with Gasteiger partial charge in [0.1, 0.15) is 5.75 Å². The van der Waals surface area contributed by atoms with Crippen LogP contribution in [0.3, 0.4) is 0 Å². The van der Waals surface area contributed by atoms with Crippen LogP contribution in [0.4, 0.5) is 5.69 Å². The molecule has 0 saturated carbocycles. The molecular weight excluding hydrogens is 246 g/mol. The Morgan fingerprint density at radius 3 is 2.42 bits per heavy atom. The number of benzene rings is 1. The number of carbonyl (C=O) groups excluding carboxylic acids is 2. The molecule has 0 aliphatic carbocycles. The number of methoxy groups -OCH3 is 1. The number of hydrazine groups is 1. The third kappa shape index (κ3) is 5.76. The number of rotatable bonds is 7. The molecule has 0 fully saturated rings. The summed E-state index contributed by atoms with van der Waals surface area (Å²) in [6.45, 7) is 1.80. The summed E-state index contributed by atoms with van der Waals surface area (Å²) < 4.78 is 5.03. The fourth-order valence-electron chi connectivity index (χ4n) is 1.60. The first-order chi connectivity index (χ1) is 9.01. The van der Waals surface area contributed by atoms with Crippen molar-refractivity contribution in [1.29, 1.82) is 0 Å². The summed E-state index contributed by atoms with van der Waals surface area (Å²) in [5.41, 5.74) is 11.2. The summed E-state index contributed by atoms with van der Waals surface area (Å²) in [4.78, 5) is 22.3. The molecule has 0 unspecified atom stereocenters. The lowest BCUT2D eigenvalue weighted by Crippen LogP contribution is -2.31. The maximum absolute atomic E-state index is 11.6. The van der Waals surface area contributed by atoms with E-state index in [9.17, 15) is 9.59 Å². The highest BCUT2D eigenvalue weighted by atomic mass is 16.5. The van der Waals surface area contributed by atoms with Crippen molar-refractivity contribution < 1.29 is 14.3 Å². The number of primary amides is 1. The lowest BCUT2D eigenvalue weighted by atomic mass is 10.0. The first-order valence-electron chi connectivity index (χ1n) is 5.98. The minimum atomic E-state index is -0.400. The molecular formula is C13H19N3O3. The summed E-state index contributed by atoms with van der Waals surface area (Å²) in [6, 6.07) is 7.13. The largest absolute Gasteiger partial charge is 0.497 e. The zero-order chi connectivity index (χ0) is 14.3. The van der Waals surface area contributed by atoms with Crippen molar-refractivity contribution in [3.8, 4) is 5.75 Å². The predicted octanol–water partition coefficient (Wildman–Crippen LogP) is 1.04. The fraction of sp³-hybridized carbons (Fsp3) is 0.385. The Morgan fingerprint density at radius 1 is 1.26 bits per heavy atom. The number of carbonyl (C=O) groups is 2. The first kappa shape index (κ1) is 14.8. The number of amides is 2. The van der Waals surface area contributed by atoms with Gasteiger partial charge in [0.2, 0.25) is 11.8 Å². The van der Waals surface area contributed by atoms with E-state index in [1.807, 2.05) is 0 Å². The van der Waals surface area contributed by atoms with E-state index in [2.05, 4.69) is 10.9 Å². The average molecular weight is 265 g/mol. The Balaban J connectivity index is 2.34. The van der Waals surface area contributed by atoms with Gasteiger partial charge in [0, 0.05) is 12.8 Å². The molecule has 1 atom stereocenters. The zero-order valence-electron chi connectivity index (χ0n) is 11.1. The van der Waals surface area contributed by atoms with Crippen molar-refractivity contribution in [1.82, 2.24) is 5.43 Å². The van der Waals surface area contributed by atoms with Crippen molar-refractivity contribution in [3.05, 3.63) is 24.3 Å². The first-order valence-corrected chi connectivity index (χ1v) is 5.98. The minimum absolute atomic E-state index is 0.0739. The van der Waals surface area contributed by atoms with E-state index in [4.69, 9.17) is 10.5 Å². The van der Waals surface area contributed by atoms with Gasteiger partial charge in [0.25, 0.3) is 0 Å². The molecule has 0 radical (unpaired) electrons. The van der Waals surface area contributed by atoms with Gasteiger partial charge in [-0.15, -0.1) is 0 Å². The molecule has 0 heterocycles. The van der Waals surface area contributed by atoms with Gasteiger partial charge < -0.3 is 10.5 Å². The number of nitrogens with one attached hydrogen (secondary N) is 2. The van der Waals surface area contributed by atoms with Crippen molar-refractivity contribution in [3.63, 3.8) is 0 Å². The molecule has 0 aromatic heterocycles. The number of anilines is 1. The average Bonchev–Trinajstić information content (AvgIpc) is 2.36. The van der Waals surface area contributed by atoms with Gasteiger partial charge in [-0.3, -0.25) is 20.4 Å². The second-order valence-electron chi connectivity index (χ2n) is 4.38. The van der Waals surface area contributed by atoms with Gasteiger partial charge >= 0.3 is 0 Å². The van der Waals surface area contributed by atoms with Crippen LogP contribution in [0, 0.1) is 5.92 Å². The third-order valence-electron chi connectivity index (χ3n) is 2.52. The second kappa shape index (κ2) is 7.25. The van der Waals surface area contributed by atoms with Crippen LogP contribution in [-0.4, -0.2) is 18.9 Å². The highest BCUT2D eigenvalue weighted by Crippen LogP contribution is 2.14. The molecule has 1 aromatic rings. The van der Waals surface area contributed by atoms with E-state index in [0.29, 0.717) is 0 Å². The summed E-state index contributed by atoms with van der Waals surface area (Å²) in [5, 5.41) is 0. The van der Waals surface area contributed by atoms with Crippen LogP contribution >= 0.6 is 0 Å². The lowest BCUT2D eigenvalue weighted by molar-refractivity contribution is -0.122. The van der Waals surface area contributed by atoms with Crippen LogP contribution in [0.1, 0.15) is 19.8 Å². The van der Waals surface area contributed by atoms with Crippen LogP contribution in [0.2, 0.25) is 0 Å². The maximum atomic E-state index is 11.6. The SMILES string of the molecule is COc1ccc(NNC(=O)C[C@H](C)CC(N)=O)cc1. The molecule has 104 valence electrons. The van der Waals surface area contributed by atoms with Gasteiger partial charge in [0.05, 0.1) is 12.8 Å². The Hall–Kier alpha value is -2.24. The monoisotopic (exact) mass is 265 g/mol. The Morgan fingerprint density at radius 2 is 1.89 bits per heavy atom. The molecule has 1 rings (SSSR count). The number of nitrogens with two attached hydrogens (primary N) is 1. The minimum Gasteiger partial charge on any atom is -0.497 e. The van der Waals surface area contributed by atoms with Crippen molar-refractivity contribution in [2.45, 2.75) is 19.8 Å². The number of hydrogen-bond donors (Lipinski definition) is 3. The van der Waals surface area contributed by atoms with Gasteiger partial charge in [-0.2, -0.15) is 0 Å². The van der Waals surface area contributed by atoms with Crippen molar-refractivity contribution in [2.75, 3.05) is 12.5 Å². The molecule has 19 heavy (non-hydrogen) atoms. The second-order valence-corrected chi connectivity index (χ2v) is 4.38. The van der Waals surface area contributed by atoms with Crippen LogP contribution < -0.4 is 21.3 Å². The Kier molecular flexibility index (Phi) is 5.66. The fourth-order valence-corrected chi connectivity index (χ4v) is 1.60. The Bertz CT molecular complexity index is 431. The van der Waals surface area contributed by atoms with Gasteiger partial charge in [-0.1, -0.05) is 6.92 Å². The summed E-state index contributed by atoms with van der Waals surface area (Å²) in [5.74, 6) is 0.0788. The van der Waals surface area contributed by atoms with E-state index in [1.165, 1.54) is 0 Å². The normalized spacial score (nSPS) is 11.5. The molecule has 0 aliphatic rings. The smallest absolute Gasteiger partial charge is 0.238 e. The standard InChI is InChI=1S/C13H19N3O3/c1-9(7-12(14)17)8-13(18)16-15-10-3-5-11(19-2)6-4-10/h3-6,9,15H,7-8H2,1-2H3,(H2,14,17)(H,16,18)/t9-/m1/s1. The molecule has 6 heteroatoms. The van der Waals surface area contributed by atoms with Crippen molar-refractivity contribution in [2.24, 2.45) is 11.7 Å². The molecule has 4 N–H and O–H groups in total. The molecule has 2 amide bonds. The van der Waals surface area contributed by atoms with E-state index < -0.39 is 5.91 Å². The van der Waals surface area contributed by atoms with E-state index in [0.717, 1.165) is 11.4 Å². The van der Waals surface area contributed by atoms with Crippen LogP contribution in [0.5, 0.6) is 5.75 Å². The topological polar surface area (TPSA) is 93.4 Å². The van der Waals surface area contributed by atoms with E-state index in [1.54, 1.807) is 38.3 Å². The highest BCUT2D eigenvalue weighted by Gasteiger charge is 2.11. The molecule has 0 aliphatic heterocycles. The molecule has 6 nitrogen and oxygen atoms in total. The van der Waals surface area contributed by atoms with Crippen molar-refractivity contribution >= 4 is 17.5 Å². The molecule has 0 saturated heterocycles. The van der Waals surface area contributed by atoms with E-state index in [-0.39, 0.29) is 24.7 Å². The predicted molar refractivity (Wildman–Crippen MR) is 72.4 cm³/mol. The quantitative estimate of drug-likeness (QED) is 0.642. The Labute approximate surface area is 112 Å². The molecule has 1 aromatic carbocycles. The lowest BCUT2D eigenvalue weighted by Gasteiger charge is -2.11. The summed E-state index contributed by atoms with van der Waals surface area (Å²) in [6.07, 6.45) is 0.446. The highest BCUT2D eigenvalue weighted by molar-refractivity contribution is 5.79. The van der Waals surface area contributed by atoms with Crippen LogP contribution in [0.15, 0.2) is 24.3 Å². The van der Waals surface area contributed by atoms with Gasteiger partial charge in [-0.05, 0) is 30.2 Å².